The molecule has 1 aromatic rings. The molecule has 0 bridgehead atoms. The molecule has 108 valence electrons. The second kappa shape index (κ2) is 8.32. The van der Waals surface area contributed by atoms with E-state index in [2.05, 4.69) is 40.2 Å². The van der Waals surface area contributed by atoms with E-state index in [1.165, 1.54) is 4.68 Å². The molecular formula is C13H22BrN3O2. The van der Waals surface area contributed by atoms with Gasteiger partial charge in [-0.3, -0.25) is 4.79 Å². The van der Waals surface area contributed by atoms with Crippen molar-refractivity contribution in [1.82, 2.24) is 9.78 Å². The first-order valence-corrected chi connectivity index (χ1v) is 7.37. The Kier molecular flexibility index (Phi) is 7.09. The first-order valence-electron chi connectivity index (χ1n) is 6.58. The Morgan fingerprint density at radius 3 is 2.95 bits per heavy atom. The van der Waals surface area contributed by atoms with Gasteiger partial charge in [0, 0.05) is 20.2 Å². The lowest BCUT2D eigenvalue weighted by Gasteiger charge is -2.14. The van der Waals surface area contributed by atoms with Gasteiger partial charge in [-0.2, -0.15) is 5.10 Å². The number of nitrogens with zero attached hydrogens (tertiary/aromatic N) is 2. The molecule has 0 aliphatic carbocycles. The zero-order valence-corrected chi connectivity index (χ0v) is 13.4. The number of anilines is 1. The molecule has 5 nitrogen and oxygen atoms in total. The molecule has 0 amide bonds. The maximum absolute atomic E-state index is 12.1. The van der Waals surface area contributed by atoms with Crippen molar-refractivity contribution in [2.75, 3.05) is 25.6 Å². The quantitative estimate of drug-likeness (QED) is 0.795. The van der Waals surface area contributed by atoms with E-state index in [0.29, 0.717) is 23.5 Å². The van der Waals surface area contributed by atoms with Crippen molar-refractivity contribution in [3.8, 4) is 0 Å². The van der Waals surface area contributed by atoms with Crippen LogP contribution in [0.1, 0.15) is 26.7 Å². The van der Waals surface area contributed by atoms with Crippen molar-refractivity contribution >= 4 is 21.6 Å². The Bertz CT molecular complexity index is 448. The third-order valence-electron chi connectivity index (χ3n) is 2.80. The van der Waals surface area contributed by atoms with Crippen LogP contribution in [0.4, 0.5) is 5.69 Å². The fourth-order valence-corrected chi connectivity index (χ4v) is 2.13. The fraction of sp³-hybridized carbons (Fsp3) is 0.692. The highest BCUT2D eigenvalue weighted by Crippen LogP contribution is 2.16. The summed E-state index contributed by atoms with van der Waals surface area (Å²) >= 11 is 3.34. The van der Waals surface area contributed by atoms with Gasteiger partial charge in [-0.05, 0) is 28.3 Å². The first-order chi connectivity index (χ1) is 9.10. The van der Waals surface area contributed by atoms with Gasteiger partial charge in [0.2, 0.25) is 0 Å². The maximum atomic E-state index is 12.1. The second-order valence-electron chi connectivity index (χ2n) is 4.70. The molecule has 0 saturated heterocycles. The first kappa shape index (κ1) is 16.2. The van der Waals surface area contributed by atoms with Crippen LogP contribution >= 0.6 is 15.9 Å². The summed E-state index contributed by atoms with van der Waals surface area (Å²) < 4.78 is 7.12. The van der Waals surface area contributed by atoms with Gasteiger partial charge in [-0.25, -0.2) is 4.68 Å². The zero-order chi connectivity index (χ0) is 14.3. The van der Waals surface area contributed by atoms with Crippen LogP contribution < -0.4 is 10.9 Å². The number of ether oxygens (including phenoxy) is 1. The molecule has 1 N–H and O–H groups in total. The minimum Gasteiger partial charge on any atom is -0.384 e. The molecule has 0 aliphatic rings. The highest BCUT2D eigenvalue weighted by Gasteiger charge is 2.09. The second-order valence-corrected chi connectivity index (χ2v) is 5.49. The van der Waals surface area contributed by atoms with E-state index in [-0.39, 0.29) is 5.56 Å². The van der Waals surface area contributed by atoms with Crippen molar-refractivity contribution in [2.24, 2.45) is 5.92 Å². The molecule has 0 fully saturated rings. The molecule has 1 atom stereocenters. The topological polar surface area (TPSA) is 56.1 Å². The van der Waals surface area contributed by atoms with Crippen molar-refractivity contribution in [3.05, 3.63) is 21.0 Å². The highest BCUT2D eigenvalue weighted by atomic mass is 79.9. The van der Waals surface area contributed by atoms with Crippen molar-refractivity contribution in [3.63, 3.8) is 0 Å². The number of rotatable bonds is 8. The molecule has 0 aromatic carbocycles. The van der Waals surface area contributed by atoms with E-state index in [9.17, 15) is 4.79 Å². The normalized spacial score (nSPS) is 12.4. The highest BCUT2D eigenvalue weighted by molar-refractivity contribution is 9.10. The SMILES string of the molecule is CCCCn1ncc(NCC(C)COC)c(Br)c1=O. The molecular weight excluding hydrogens is 310 g/mol. The molecule has 1 rings (SSSR count). The van der Waals surface area contributed by atoms with Crippen molar-refractivity contribution in [2.45, 2.75) is 33.2 Å². The van der Waals surface area contributed by atoms with Gasteiger partial charge in [-0.15, -0.1) is 0 Å². The third-order valence-corrected chi connectivity index (χ3v) is 3.57. The van der Waals surface area contributed by atoms with Crippen LogP contribution in [0.3, 0.4) is 0 Å². The molecule has 1 heterocycles. The summed E-state index contributed by atoms with van der Waals surface area (Å²) in [5.74, 6) is 0.374. The number of aromatic nitrogens is 2. The summed E-state index contributed by atoms with van der Waals surface area (Å²) in [7, 11) is 1.68. The van der Waals surface area contributed by atoms with Gasteiger partial charge in [0.15, 0.2) is 0 Å². The van der Waals surface area contributed by atoms with E-state index >= 15 is 0 Å². The number of hydrogen-bond donors (Lipinski definition) is 1. The summed E-state index contributed by atoms with van der Waals surface area (Å²) in [4.78, 5) is 12.1. The largest absolute Gasteiger partial charge is 0.384 e. The van der Waals surface area contributed by atoms with Gasteiger partial charge in [0.1, 0.15) is 4.47 Å². The summed E-state index contributed by atoms with van der Waals surface area (Å²) in [5, 5.41) is 7.40. The molecule has 6 heteroatoms. The van der Waals surface area contributed by atoms with Crippen LogP contribution in [-0.2, 0) is 11.3 Å². The number of unbranched alkanes of at least 4 members (excludes halogenated alkanes) is 1. The zero-order valence-electron chi connectivity index (χ0n) is 11.8. The number of nitrogens with one attached hydrogen (secondary N) is 1. The molecule has 0 spiro atoms. The smallest absolute Gasteiger partial charge is 0.283 e. The van der Waals surface area contributed by atoms with E-state index in [0.717, 1.165) is 25.1 Å². The standard InChI is InChI=1S/C13H22BrN3O2/c1-4-5-6-17-13(18)12(14)11(8-16-17)15-7-10(2)9-19-3/h8,10,15H,4-7,9H2,1-3H3. The van der Waals surface area contributed by atoms with Gasteiger partial charge < -0.3 is 10.1 Å². The molecule has 1 aromatic heterocycles. The van der Waals surface area contributed by atoms with Gasteiger partial charge in [0.25, 0.3) is 5.56 Å². The molecule has 0 aliphatic heterocycles. The van der Waals surface area contributed by atoms with Crippen LogP contribution in [-0.4, -0.2) is 30.0 Å². The lowest BCUT2D eigenvalue weighted by Crippen LogP contribution is -2.25. The monoisotopic (exact) mass is 331 g/mol. The minimum absolute atomic E-state index is 0.0853. The summed E-state index contributed by atoms with van der Waals surface area (Å²) in [6, 6.07) is 0. The lowest BCUT2D eigenvalue weighted by atomic mass is 10.2. The summed E-state index contributed by atoms with van der Waals surface area (Å²) in [6.45, 7) is 6.26. The summed E-state index contributed by atoms with van der Waals surface area (Å²) in [5.41, 5.74) is 0.651. The van der Waals surface area contributed by atoms with Crippen molar-refractivity contribution in [1.29, 1.82) is 0 Å². The number of aryl methyl sites for hydroxylation is 1. The Labute approximate surface area is 122 Å². The molecule has 19 heavy (non-hydrogen) atoms. The van der Waals surface area contributed by atoms with E-state index in [1.54, 1.807) is 13.3 Å². The maximum Gasteiger partial charge on any atom is 0.283 e. The number of hydrogen-bond acceptors (Lipinski definition) is 4. The van der Waals surface area contributed by atoms with E-state index in [1.807, 2.05) is 0 Å². The van der Waals surface area contributed by atoms with Gasteiger partial charge >= 0.3 is 0 Å². The van der Waals surface area contributed by atoms with Gasteiger partial charge in [0.05, 0.1) is 18.5 Å². The lowest BCUT2D eigenvalue weighted by molar-refractivity contribution is 0.164. The van der Waals surface area contributed by atoms with Gasteiger partial charge in [-0.1, -0.05) is 20.3 Å². The Morgan fingerprint density at radius 1 is 1.58 bits per heavy atom. The van der Waals surface area contributed by atoms with Crippen LogP contribution in [0.2, 0.25) is 0 Å². The minimum atomic E-state index is -0.0853. The van der Waals surface area contributed by atoms with Crippen LogP contribution in [0.25, 0.3) is 0 Å². The van der Waals surface area contributed by atoms with Crippen LogP contribution in [0, 0.1) is 5.92 Å². The van der Waals surface area contributed by atoms with E-state index in [4.69, 9.17) is 4.74 Å². The number of methoxy groups -OCH3 is 1. The van der Waals surface area contributed by atoms with Crippen LogP contribution in [0.5, 0.6) is 0 Å². The summed E-state index contributed by atoms with van der Waals surface area (Å²) in [6.07, 6.45) is 3.69. The predicted octanol–water partition coefficient (Wildman–Crippen LogP) is 2.50. The molecule has 0 radical (unpaired) electrons. The molecule has 0 saturated carbocycles. The Balaban J connectivity index is 2.71. The predicted molar refractivity (Wildman–Crippen MR) is 80.6 cm³/mol. The Hall–Kier alpha value is -0.880. The average Bonchev–Trinajstić information content (AvgIpc) is 2.40. The number of halogens is 1. The molecule has 1 unspecified atom stereocenters. The van der Waals surface area contributed by atoms with Crippen molar-refractivity contribution < 1.29 is 4.74 Å². The Morgan fingerprint density at radius 2 is 2.32 bits per heavy atom. The fourth-order valence-electron chi connectivity index (χ4n) is 1.68. The van der Waals surface area contributed by atoms with Crippen LogP contribution in [0.15, 0.2) is 15.5 Å². The third kappa shape index (κ3) is 4.95. The average molecular weight is 332 g/mol. The van der Waals surface area contributed by atoms with E-state index < -0.39 is 0 Å².